The average molecular weight is 514 g/mol. The number of nitriles is 1. The number of fused-ring (bicyclic) bond motifs is 6. The molecule has 3 fully saturated rings. The topological polar surface area (TPSA) is 116 Å². The highest BCUT2D eigenvalue weighted by Crippen LogP contribution is 2.71. The number of imide groups is 1. The largest absolute Gasteiger partial charge is 0.397 e. The van der Waals surface area contributed by atoms with Crippen LogP contribution in [0.4, 0.5) is 17.1 Å². The van der Waals surface area contributed by atoms with Crippen molar-refractivity contribution in [3.8, 4) is 6.07 Å². The lowest BCUT2D eigenvalue weighted by Gasteiger charge is -2.36. The molecule has 2 aliphatic carbocycles. The van der Waals surface area contributed by atoms with E-state index in [9.17, 15) is 14.9 Å². The fourth-order valence-electron chi connectivity index (χ4n) is 7.45. The highest BCUT2D eigenvalue weighted by atomic mass is 35.5. The van der Waals surface area contributed by atoms with Crippen molar-refractivity contribution in [1.82, 2.24) is 0 Å². The van der Waals surface area contributed by atoms with Crippen molar-refractivity contribution in [2.75, 3.05) is 22.2 Å². The molecule has 8 heteroatoms. The number of nitrogens with two attached hydrogens (primary N) is 2. The zero-order chi connectivity index (χ0) is 26.1. The summed E-state index contributed by atoms with van der Waals surface area (Å²) >= 11 is 6.17. The SMILES string of the molecule is C[C@@]12CC[C@@](CCN(N)c3cc(Cl)ccc3N)(C1)[C@H]1C(=O)N(c3ccc(C#N)c4ccccc34)C(=O)[C@H]12. The van der Waals surface area contributed by atoms with E-state index in [0.29, 0.717) is 40.6 Å². The molecule has 0 unspecified atom stereocenters. The van der Waals surface area contributed by atoms with Crippen LogP contribution in [0, 0.1) is 34.0 Å². The summed E-state index contributed by atoms with van der Waals surface area (Å²) < 4.78 is 0. The maximum Gasteiger partial charge on any atom is 0.238 e. The van der Waals surface area contributed by atoms with Gasteiger partial charge in [0.2, 0.25) is 11.8 Å². The van der Waals surface area contributed by atoms with E-state index < -0.39 is 5.92 Å². The molecule has 3 aromatic carbocycles. The van der Waals surface area contributed by atoms with Gasteiger partial charge in [-0.2, -0.15) is 5.26 Å². The molecule has 37 heavy (non-hydrogen) atoms. The molecular weight excluding hydrogens is 486 g/mol. The standard InChI is InChI=1S/C29H28ClN5O2/c1-28-10-11-29(16-28,12-13-34(33)23-14-18(30)7-8-21(23)32)25-24(28)26(36)35(27(25)37)22-9-6-17(15-31)19-4-2-3-5-20(19)22/h2-9,14,24-25H,10-13,16,32-33H2,1H3/t24-,25+,28+,29+/m0/s1. The Hall–Kier alpha value is -3.60. The second kappa shape index (κ2) is 8.20. The van der Waals surface area contributed by atoms with Crippen LogP contribution < -0.4 is 21.5 Å². The molecule has 4 atom stereocenters. The van der Waals surface area contributed by atoms with Crippen LogP contribution in [0.2, 0.25) is 5.02 Å². The van der Waals surface area contributed by atoms with Gasteiger partial charge in [0.25, 0.3) is 0 Å². The Bertz CT molecular complexity index is 1520. The van der Waals surface area contributed by atoms with Crippen molar-refractivity contribution in [3.63, 3.8) is 0 Å². The van der Waals surface area contributed by atoms with E-state index in [0.717, 1.165) is 30.0 Å². The van der Waals surface area contributed by atoms with Crippen LogP contribution >= 0.6 is 11.6 Å². The van der Waals surface area contributed by atoms with Crippen molar-refractivity contribution in [2.24, 2.45) is 28.5 Å². The molecule has 0 radical (unpaired) electrons. The van der Waals surface area contributed by atoms with E-state index in [1.807, 2.05) is 24.3 Å². The van der Waals surface area contributed by atoms with Crippen LogP contribution in [0.1, 0.15) is 38.2 Å². The fourth-order valence-corrected chi connectivity index (χ4v) is 7.61. The molecule has 1 heterocycles. The van der Waals surface area contributed by atoms with Crippen LogP contribution in [0.5, 0.6) is 0 Å². The third-order valence-electron chi connectivity index (χ3n) is 9.08. The minimum atomic E-state index is -0.390. The number of benzene rings is 3. The van der Waals surface area contributed by atoms with Crippen LogP contribution in [0.15, 0.2) is 54.6 Å². The van der Waals surface area contributed by atoms with Crippen molar-refractivity contribution < 1.29 is 9.59 Å². The summed E-state index contributed by atoms with van der Waals surface area (Å²) in [5.74, 6) is 5.40. The number of amides is 2. The molecule has 1 saturated heterocycles. The molecule has 0 aromatic heterocycles. The van der Waals surface area contributed by atoms with E-state index in [-0.39, 0.29) is 28.6 Å². The number of rotatable bonds is 5. The summed E-state index contributed by atoms with van der Waals surface area (Å²) in [6, 6.07) is 18.3. The number of hydrogen-bond donors (Lipinski definition) is 2. The Balaban J connectivity index is 1.35. The van der Waals surface area contributed by atoms with Gasteiger partial charge in [0.15, 0.2) is 0 Å². The van der Waals surface area contributed by atoms with Crippen molar-refractivity contribution in [3.05, 3.63) is 65.2 Å². The van der Waals surface area contributed by atoms with E-state index in [4.69, 9.17) is 23.2 Å². The van der Waals surface area contributed by atoms with Gasteiger partial charge in [-0.25, -0.2) is 10.7 Å². The van der Waals surface area contributed by atoms with E-state index in [1.54, 1.807) is 35.3 Å². The molecular formula is C29H28ClN5O2. The number of carbonyl (C=O) groups excluding carboxylic acids is 2. The number of nitrogens with zero attached hydrogens (tertiary/aromatic N) is 3. The van der Waals surface area contributed by atoms with Gasteiger partial charge in [0.1, 0.15) is 0 Å². The summed E-state index contributed by atoms with van der Waals surface area (Å²) in [7, 11) is 0. The quantitative estimate of drug-likeness (QED) is 0.214. The summed E-state index contributed by atoms with van der Waals surface area (Å²) in [4.78, 5) is 29.4. The highest BCUT2D eigenvalue weighted by molar-refractivity contribution is 6.31. The van der Waals surface area contributed by atoms with Crippen LogP contribution in [-0.2, 0) is 9.59 Å². The van der Waals surface area contributed by atoms with Gasteiger partial charge in [-0.05, 0) is 66.8 Å². The minimum absolute atomic E-state index is 0.127. The van der Waals surface area contributed by atoms with Gasteiger partial charge >= 0.3 is 0 Å². The molecule has 3 aromatic rings. The highest BCUT2D eigenvalue weighted by Gasteiger charge is 2.72. The van der Waals surface area contributed by atoms with Crippen LogP contribution in [0.25, 0.3) is 10.8 Å². The van der Waals surface area contributed by atoms with Gasteiger partial charge < -0.3 is 10.7 Å². The Labute approximate surface area is 220 Å². The number of nitrogen functional groups attached to an aromatic ring is 1. The normalized spacial score (nSPS) is 28.1. The first-order chi connectivity index (χ1) is 17.7. The molecule has 4 N–H and O–H groups in total. The van der Waals surface area contributed by atoms with E-state index in [1.165, 1.54) is 4.90 Å². The lowest BCUT2D eigenvalue weighted by atomic mass is 9.67. The first-order valence-corrected chi connectivity index (χ1v) is 12.9. The number of halogens is 1. The maximum absolute atomic E-state index is 14.1. The molecule has 188 valence electrons. The van der Waals surface area contributed by atoms with Gasteiger partial charge in [-0.1, -0.05) is 42.8 Å². The fraction of sp³-hybridized carbons (Fsp3) is 0.345. The van der Waals surface area contributed by atoms with Gasteiger partial charge in [0, 0.05) is 22.3 Å². The Kier molecular flexibility index (Phi) is 5.27. The zero-order valence-corrected chi connectivity index (χ0v) is 21.3. The third kappa shape index (κ3) is 3.36. The van der Waals surface area contributed by atoms with E-state index in [2.05, 4.69) is 13.0 Å². The van der Waals surface area contributed by atoms with Crippen LogP contribution in [-0.4, -0.2) is 18.4 Å². The van der Waals surface area contributed by atoms with Crippen LogP contribution in [0.3, 0.4) is 0 Å². The molecule has 1 aliphatic heterocycles. The number of anilines is 3. The predicted octanol–water partition coefficient (Wildman–Crippen LogP) is 5.01. The molecule has 7 nitrogen and oxygen atoms in total. The second-order valence-electron chi connectivity index (χ2n) is 11.1. The number of carbonyl (C=O) groups is 2. The lowest BCUT2D eigenvalue weighted by molar-refractivity contribution is -0.125. The molecule has 2 bridgehead atoms. The number of hydrazine groups is 1. The van der Waals surface area contributed by atoms with Crippen molar-refractivity contribution >= 4 is 51.2 Å². The summed E-state index contributed by atoms with van der Waals surface area (Å²) in [5, 5.41) is 13.2. The first-order valence-electron chi connectivity index (χ1n) is 12.6. The van der Waals surface area contributed by atoms with Gasteiger partial charge in [-0.3, -0.25) is 9.59 Å². The predicted molar refractivity (Wildman–Crippen MR) is 145 cm³/mol. The third-order valence-corrected chi connectivity index (χ3v) is 9.32. The summed E-state index contributed by atoms with van der Waals surface area (Å²) in [5.41, 5.74) is 7.86. The van der Waals surface area contributed by atoms with E-state index >= 15 is 0 Å². The summed E-state index contributed by atoms with van der Waals surface area (Å²) in [6.45, 7) is 2.64. The molecule has 0 spiro atoms. The minimum Gasteiger partial charge on any atom is -0.397 e. The zero-order valence-electron chi connectivity index (χ0n) is 20.6. The average Bonchev–Trinajstić information content (AvgIpc) is 3.48. The van der Waals surface area contributed by atoms with Crippen molar-refractivity contribution in [2.45, 2.75) is 32.6 Å². The maximum atomic E-state index is 14.1. The Morgan fingerprint density at radius 1 is 1.08 bits per heavy atom. The molecule has 2 saturated carbocycles. The molecule has 3 aliphatic rings. The Morgan fingerprint density at radius 3 is 2.57 bits per heavy atom. The monoisotopic (exact) mass is 513 g/mol. The molecule has 2 amide bonds. The van der Waals surface area contributed by atoms with Crippen molar-refractivity contribution in [1.29, 1.82) is 5.26 Å². The van der Waals surface area contributed by atoms with Gasteiger partial charge in [0.05, 0.1) is 40.5 Å². The first kappa shape index (κ1) is 23.8. The van der Waals surface area contributed by atoms with Gasteiger partial charge in [-0.15, -0.1) is 0 Å². The summed E-state index contributed by atoms with van der Waals surface area (Å²) in [6.07, 6.45) is 3.28. The smallest absolute Gasteiger partial charge is 0.238 e. The second-order valence-corrected chi connectivity index (χ2v) is 11.5. The number of hydrogen-bond acceptors (Lipinski definition) is 6. The Morgan fingerprint density at radius 2 is 1.81 bits per heavy atom. The molecule has 6 rings (SSSR count). The lowest BCUT2D eigenvalue weighted by Crippen LogP contribution is -2.41.